The van der Waals surface area contributed by atoms with Crippen LogP contribution in [0.5, 0.6) is 0 Å². The van der Waals surface area contributed by atoms with E-state index in [4.69, 9.17) is 4.74 Å². The highest BCUT2D eigenvalue weighted by molar-refractivity contribution is 7.89. The lowest BCUT2D eigenvalue weighted by Gasteiger charge is -2.25. The molecule has 1 aromatic rings. The van der Waals surface area contributed by atoms with E-state index in [2.05, 4.69) is 4.98 Å². The number of ether oxygens (including phenoxy) is 1. The summed E-state index contributed by atoms with van der Waals surface area (Å²) in [6, 6.07) is 1.06. The summed E-state index contributed by atoms with van der Waals surface area (Å²) >= 11 is 0. The molecule has 17 heavy (non-hydrogen) atoms. The first-order valence-electron chi connectivity index (χ1n) is 4.99. The number of H-pyrrole nitrogens is 1. The summed E-state index contributed by atoms with van der Waals surface area (Å²) in [5.41, 5.74) is -0.253. The average Bonchev–Trinajstić information content (AvgIpc) is 2.80. The lowest BCUT2D eigenvalue weighted by atomic mass is 10.4. The summed E-state index contributed by atoms with van der Waals surface area (Å²) < 4.78 is 30.4. The summed E-state index contributed by atoms with van der Waals surface area (Å²) in [6.07, 6.45) is 1.15. The fraction of sp³-hybridized carbons (Fsp3) is 0.444. The molecule has 1 fully saturated rings. The van der Waals surface area contributed by atoms with E-state index in [0.717, 1.165) is 12.3 Å². The molecule has 0 aromatic carbocycles. The largest absolute Gasteiger partial charge is 0.543 e. The predicted molar refractivity (Wildman–Crippen MR) is 54.7 cm³/mol. The number of hydrogen-bond donors (Lipinski definition) is 1. The summed E-state index contributed by atoms with van der Waals surface area (Å²) in [7, 11) is -3.64. The first-order chi connectivity index (χ1) is 8.01. The van der Waals surface area contributed by atoms with Crippen LogP contribution in [0.4, 0.5) is 0 Å². The molecule has 1 aliphatic rings. The Morgan fingerprint density at radius 2 is 2.06 bits per heavy atom. The minimum absolute atomic E-state index is 0.0707. The zero-order valence-electron chi connectivity index (χ0n) is 8.88. The van der Waals surface area contributed by atoms with Gasteiger partial charge in [-0.15, -0.1) is 0 Å². The second kappa shape index (κ2) is 4.47. The summed E-state index contributed by atoms with van der Waals surface area (Å²) in [4.78, 5) is 12.8. The Labute approximate surface area is 98.0 Å². The number of nitrogens with one attached hydrogen (secondary N) is 1. The lowest BCUT2D eigenvalue weighted by molar-refractivity contribution is -0.255. The minimum atomic E-state index is -3.64. The van der Waals surface area contributed by atoms with Gasteiger partial charge in [0.2, 0.25) is 10.0 Å². The molecule has 2 rings (SSSR count). The molecule has 94 valence electrons. The first kappa shape index (κ1) is 12.1. The van der Waals surface area contributed by atoms with E-state index in [9.17, 15) is 18.3 Å². The van der Waals surface area contributed by atoms with Crippen LogP contribution in [0, 0.1) is 0 Å². The molecule has 1 N–H and O–H groups in total. The van der Waals surface area contributed by atoms with Crippen molar-refractivity contribution >= 4 is 16.0 Å². The minimum Gasteiger partial charge on any atom is -0.543 e. The topological polar surface area (TPSA) is 103 Å². The number of aromatic amines is 1. The van der Waals surface area contributed by atoms with E-state index < -0.39 is 16.0 Å². The Morgan fingerprint density at radius 3 is 2.59 bits per heavy atom. The zero-order valence-corrected chi connectivity index (χ0v) is 9.70. The molecule has 8 heteroatoms. The van der Waals surface area contributed by atoms with E-state index in [1.54, 1.807) is 0 Å². The van der Waals surface area contributed by atoms with Gasteiger partial charge in [-0.25, -0.2) is 8.42 Å². The van der Waals surface area contributed by atoms with Gasteiger partial charge in [0.1, 0.15) is 4.90 Å². The Bertz CT molecular complexity index is 515. The fourth-order valence-electron chi connectivity index (χ4n) is 1.58. The molecule has 0 saturated carbocycles. The normalized spacial score (nSPS) is 18.1. The molecule has 0 unspecified atom stereocenters. The van der Waals surface area contributed by atoms with Gasteiger partial charge in [-0.2, -0.15) is 4.31 Å². The SMILES string of the molecule is O=C([O-])c1cc(S(=O)(=O)N2CCOCC2)c[nH]1. The number of carboxylic acids is 1. The van der Waals surface area contributed by atoms with Crippen LogP contribution in [0.25, 0.3) is 0 Å². The molecule has 1 saturated heterocycles. The molecule has 0 radical (unpaired) electrons. The van der Waals surface area contributed by atoms with E-state index in [1.165, 1.54) is 4.31 Å². The van der Waals surface area contributed by atoms with Crippen molar-refractivity contribution in [3.8, 4) is 0 Å². The van der Waals surface area contributed by atoms with Gasteiger partial charge in [0.25, 0.3) is 0 Å². The van der Waals surface area contributed by atoms with Crippen molar-refractivity contribution in [1.82, 2.24) is 9.29 Å². The van der Waals surface area contributed by atoms with Crippen LogP contribution in [-0.4, -0.2) is 50.0 Å². The third-order valence-electron chi connectivity index (χ3n) is 2.48. The number of carboxylic acid groups (broad SMARTS) is 1. The number of aromatic nitrogens is 1. The zero-order chi connectivity index (χ0) is 12.5. The number of carbonyl (C=O) groups is 1. The van der Waals surface area contributed by atoms with Gasteiger partial charge in [-0.05, 0) is 6.07 Å². The second-order valence-corrected chi connectivity index (χ2v) is 5.49. The van der Waals surface area contributed by atoms with E-state index in [1.807, 2.05) is 0 Å². The molecular formula is C9H11N2O5S-. The smallest absolute Gasteiger partial charge is 0.244 e. The maximum absolute atomic E-state index is 12.1. The number of sulfonamides is 1. The molecule has 0 aliphatic carbocycles. The number of nitrogens with zero attached hydrogens (tertiary/aromatic N) is 1. The van der Waals surface area contributed by atoms with Gasteiger partial charge in [0, 0.05) is 19.3 Å². The van der Waals surface area contributed by atoms with Gasteiger partial charge < -0.3 is 19.6 Å². The molecule has 0 bridgehead atoms. The van der Waals surface area contributed by atoms with Gasteiger partial charge in [0.05, 0.1) is 24.9 Å². The van der Waals surface area contributed by atoms with Crippen LogP contribution in [0.1, 0.15) is 10.5 Å². The molecule has 0 spiro atoms. The fourth-order valence-corrected chi connectivity index (χ4v) is 2.98. The van der Waals surface area contributed by atoms with Gasteiger partial charge in [0.15, 0.2) is 0 Å². The first-order valence-corrected chi connectivity index (χ1v) is 6.43. The molecule has 0 atom stereocenters. The van der Waals surface area contributed by atoms with Gasteiger partial charge >= 0.3 is 0 Å². The Balaban J connectivity index is 2.27. The summed E-state index contributed by atoms with van der Waals surface area (Å²) in [5, 5.41) is 10.5. The van der Waals surface area contributed by atoms with Crippen LogP contribution in [-0.2, 0) is 14.8 Å². The van der Waals surface area contributed by atoms with E-state index in [-0.39, 0.29) is 23.7 Å². The number of aromatic carboxylic acids is 1. The predicted octanol–water partition coefficient (Wildman–Crippen LogP) is -1.60. The second-order valence-electron chi connectivity index (χ2n) is 3.55. The molecule has 2 heterocycles. The van der Waals surface area contributed by atoms with E-state index >= 15 is 0 Å². The van der Waals surface area contributed by atoms with Crippen molar-refractivity contribution in [3.05, 3.63) is 18.0 Å². The Morgan fingerprint density at radius 1 is 1.41 bits per heavy atom. The van der Waals surface area contributed by atoms with Crippen molar-refractivity contribution in [2.24, 2.45) is 0 Å². The van der Waals surface area contributed by atoms with Crippen molar-refractivity contribution in [2.45, 2.75) is 4.90 Å². The lowest BCUT2D eigenvalue weighted by Crippen LogP contribution is -2.40. The maximum Gasteiger partial charge on any atom is 0.244 e. The quantitative estimate of drug-likeness (QED) is 0.704. The third kappa shape index (κ3) is 2.33. The van der Waals surface area contributed by atoms with Crippen molar-refractivity contribution < 1.29 is 23.1 Å². The molecule has 1 aliphatic heterocycles. The van der Waals surface area contributed by atoms with Crippen LogP contribution in [0.3, 0.4) is 0 Å². The van der Waals surface area contributed by atoms with Crippen LogP contribution in [0.2, 0.25) is 0 Å². The van der Waals surface area contributed by atoms with Crippen molar-refractivity contribution in [1.29, 1.82) is 0 Å². The van der Waals surface area contributed by atoms with Gasteiger partial charge in [-0.1, -0.05) is 0 Å². The maximum atomic E-state index is 12.1. The summed E-state index contributed by atoms with van der Waals surface area (Å²) in [5.74, 6) is -1.44. The molecular weight excluding hydrogens is 248 g/mol. The number of rotatable bonds is 3. The summed E-state index contributed by atoms with van der Waals surface area (Å²) in [6.45, 7) is 1.23. The van der Waals surface area contributed by atoms with Crippen molar-refractivity contribution in [2.75, 3.05) is 26.3 Å². The monoisotopic (exact) mass is 259 g/mol. The third-order valence-corrected chi connectivity index (χ3v) is 4.36. The highest BCUT2D eigenvalue weighted by Gasteiger charge is 2.27. The number of morpholine rings is 1. The molecule has 1 aromatic heterocycles. The van der Waals surface area contributed by atoms with Crippen LogP contribution in [0.15, 0.2) is 17.2 Å². The molecule has 0 amide bonds. The van der Waals surface area contributed by atoms with Crippen LogP contribution < -0.4 is 5.11 Å². The van der Waals surface area contributed by atoms with E-state index in [0.29, 0.717) is 13.2 Å². The highest BCUT2D eigenvalue weighted by Crippen LogP contribution is 2.17. The standard InChI is InChI=1S/C9H12N2O5S/c12-9(13)8-5-7(6-10-8)17(14,15)11-1-3-16-4-2-11/h5-6,10H,1-4H2,(H,12,13)/p-1. The number of carbonyl (C=O) groups excluding carboxylic acids is 1. The highest BCUT2D eigenvalue weighted by atomic mass is 32.2. The Hall–Kier alpha value is -1.38. The molecule has 7 nitrogen and oxygen atoms in total. The number of hydrogen-bond acceptors (Lipinski definition) is 5. The van der Waals surface area contributed by atoms with Crippen LogP contribution >= 0.6 is 0 Å². The Kier molecular flexibility index (Phi) is 3.18. The van der Waals surface area contributed by atoms with Gasteiger partial charge in [-0.3, -0.25) is 0 Å². The average molecular weight is 259 g/mol. The van der Waals surface area contributed by atoms with Crippen molar-refractivity contribution in [3.63, 3.8) is 0 Å².